The number of benzene rings is 3. The molecule has 8 heteroatoms. The first-order valence-corrected chi connectivity index (χ1v) is 10.7. The molecule has 2 aliphatic heterocycles. The second kappa shape index (κ2) is 8.35. The Morgan fingerprint density at radius 3 is 2.70 bits per heavy atom. The lowest BCUT2D eigenvalue weighted by Gasteiger charge is -2.30. The molecule has 0 aliphatic carbocycles. The summed E-state index contributed by atoms with van der Waals surface area (Å²) in [6.45, 7) is 3.61. The van der Waals surface area contributed by atoms with Crippen LogP contribution in [0.3, 0.4) is 0 Å². The van der Waals surface area contributed by atoms with Gasteiger partial charge in [-0.15, -0.1) is 0 Å². The number of hydrogen-bond donors (Lipinski definition) is 0. The van der Waals surface area contributed by atoms with Crippen molar-refractivity contribution >= 4 is 29.1 Å². The lowest BCUT2D eigenvalue weighted by atomic mass is 10.00. The number of nitro benzene ring substituents is 1. The van der Waals surface area contributed by atoms with E-state index >= 15 is 0 Å². The first-order valence-electron chi connectivity index (χ1n) is 10.3. The number of Topliss-reactive ketones (excluding diaryl/α,β-unsaturated/α-hetero) is 1. The number of carbonyl (C=O) groups is 1. The van der Waals surface area contributed by atoms with Crippen molar-refractivity contribution in [1.29, 1.82) is 0 Å². The van der Waals surface area contributed by atoms with Crippen LogP contribution in [0.4, 0.5) is 5.69 Å². The number of carbonyl (C=O) groups excluding carboxylic acids is 1. The highest BCUT2D eigenvalue weighted by atomic mass is 35.5. The molecule has 0 fully saturated rings. The maximum atomic E-state index is 13.1. The fourth-order valence-corrected chi connectivity index (χ4v) is 4.25. The summed E-state index contributed by atoms with van der Waals surface area (Å²) in [5.74, 6) is 1.08. The zero-order chi connectivity index (χ0) is 23.1. The predicted molar refractivity (Wildman–Crippen MR) is 123 cm³/mol. The van der Waals surface area contributed by atoms with Crippen molar-refractivity contribution in [3.63, 3.8) is 0 Å². The van der Waals surface area contributed by atoms with Gasteiger partial charge in [0.25, 0.3) is 5.69 Å². The number of non-ortho nitro benzene ring substituents is 1. The highest BCUT2D eigenvalue weighted by molar-refractivity contribution is 6.30. The minimum absolute atomic E-state index is 0.0480. The van der Waals surface area contributed by atoms with Gasteiger partial charge in [0.05, 0.1) is 10.5 Å². The molecule has 0 radical (unpaired) electrons. The van der Waals surface area contributed by atoms with Crippen LogP contribution < -0.4 is 9.47 Å². The monoisotopic (exact) mass is 462 g/mol. The number of allylic oxidation sites excluding steroid dienone is 1. The van der Waals surface area contributed by atoms with Crippen LogP contribution in [0.5, 0.6) is 11.5 Å². The molecular formula is C25H19ClN2O5. The molecule has 0 spiro atoms. The number of rotatable bonds is 4. The van der Waals surface area contributed by atoms with Crippen molar-refractivity contribution in [1.82, 2.24) is 4.90 Å². The predicted octanol–water partition coefficient (Wildman–Crippen LogP) is 5.52. The van der Waals surface area contributed by atoms with Gasteiger partial charge >= 0.3 is 0 Å². The summed E-state index contributed by atoms with van der Waals surface area (Å²) < 4.78 is 11.9. The average molecular weight is 463 g/mol. The molecule has 0 N–H and O–H groups in total. The third-order valence-corrected chi connectivity index (χ3v) is 5.95. The molecule has 166 valence electrons. The smallest absolute Gasteiger partial charge is 0.270 e. The third-order valence-electron chi connectivity index (χ3n) is 5.70. The van der Waals surface area contributed by atoms with Crippen molar-refractivity contribution in [2.75, 3.05) is 6.73 Å². The van der Waals surface area contributed by atoms with E-state index in [1.165, 1.54) is 18.2 Å². The van der Waals surface area contributed by atoms with Crippen LogP contribution in [0.2, 0.25) is 5.02 Å². The van der Waals surface area contributed by atoms with Crippen molar-refractivity contribution in [2.45, 2.75) is 20.0 Å². The molecule has 0 unspecified atom stereocenters. The van der Waals surface area contributed by atoms with Gasteiger partial charge in [-0.3, -0.25) is 19.8 Å². The lowest BCUT2D eigenvalue weighted by molar-refractivity contribution is -0.384. The van der Waals surface area contributed by atoms with Crippen LogP contribution in [0.15, 0.2) is 60.4 Å². The first kappa shape index (κ1) is 21.2. The number of nitrogens with zero attached hydrogens (tertiary/aromatic N) is 2. The molecule has 33 heavy (non-hydrogen) atoms. The molecule has 0 amide bonds. The van der Waals surface area contributed by atoms with Crippen molar-refractivity contribution in [3.05, 3.63) is 103 Å². The van der Waals surface area contributed by atoms with Crippen molar-refractivity contribution < 1.29 is 19.2 Å². The van der Waals surface area contributed by atoms with Gasteiger partial charge in [0, 0.05) is 41.4 Å². The lowest BCUT2D eigenvalue weighted by Crippen LogP contribution is -2.32. The van der Waals surface area contributed by atoms with E-state index in [2.05, 4.69) is 4.90 Å². The van der Waals surface area contributed by atoms with Gasteiger partial charge in [-0.25, -0.2) is 0 Å². The van der Waals surface area contributed by atoms with Crippen LogP contribution in [0.1, 0.15) is 32.6 Å². The van der Waals surface area contributed by atoms with E-state index < -0.39 is 4.92 Å². The zero-order valence-corrected chi connectivity index (χ0v) is 18.5. The summed E-state index contributed by atoms with van der Waals surface area (Å²) in [5.41, 5.74) is 3.75. The Bertz CT molecular complexity index is 1320. The van der Waals surface area contributed by atoms with Gasteiger partial charge in [-0.2, -0.15) is 0 Å². The maximum Gasteiger partial charge on any atom is 0.270 e. The normalized spacial score (nSPS) is 16.2. The minimum atomic E-state index is -0.473. The van der Waals surface area contributed by atoms with Gasteiger partial charge in [0.2, 0.25) is 5.78 Å². The second-order valence-electron chi connectivity index (χ2n) is 8.05. The fourth-order valence-electron chi connectivity index (χ4n) is 4.13. The second-order valence-corrected chi connectivity index (χ2v) is 8.48. The molecule has 0 bridgehead atoms. The Morgan fingerprint density at radius 2 is 1.94 bits per heavy atom. The molecule has 2 heterocycles. The van der Waals surface area contributed by atoms with Crippen LogP contribution in [0.25, 0.3) is 6.08 Å². The van der Waals surface area contributed by atoms with E-state index in [0.717, 1.165) is 22.4 Å². The Kier molecular flexibility index (Phi) is 5.36. The van der Waals surface area contributed by atoms with Crippen LogP contribution in [-0.4, -0.2) is 22.3 Å². The van der Waals surface area contributed by atoms with E-state index in [1.807, 2.05) is 37.3 Å². The van der Waals surface area contributed by atoms with E-state index in [4.69, 9.17) is 21.1 Å². The largest absolute Gasteiger partial charge is 0.477 e. The minimum Gasteiger partial charge on any atom is -0.477 e. The summed E-state index contributed by atoms with van der Waals surface area (Å²) in [6, 6.07) is 15.6. The third kappa shape index (κ3) is 4.08. The van der Waals surface area contributed by atoms with Gasteiger partial charge in [0.1, 0.15) is 18.2 Å². The van der Waals surface area contributed by atoms with Gasteiger partial charge in [0.15, 0.2) is 5.76 Å². The summed E-state index contributed by atoms with van der Waals surface area (Å²) in [5, 5.41) is 11.7. The summed E-state index contributed by atoms with van der Waals surface area (Å²) >= 11 is 5.97. The van der Waals surface area contributed by atoms with Crippen LogP contribution in [-0.2, 0) is 13.1 Å². The number of fused-ring (bicyclic) bond motifs is 2. The summed E-state index contributed by atoms with van der Waals surface area (Å²) in [6.07, 6.45) is 1.53. The maximum absolute atomic E-state index is 13.1. The quantitative estimate of drug-likeness (QED) is 0.288. The molecule has 7 nitrogen and oxygen atoms in total. The van der Waals surface area contributed by atoms with Crippen molar-refractivity contribution in [2.24, 2.45) is 0 Å². The Hall–Kier alpha value is -3.68. The number of ether oxygens (including phenoxy) is 2. The molecule has 0 atom stereocenters. The number of halogens is 1. The van der Waals surface area contributed by atoms with Gasteiger partial charge < -0.3 is 9.47 Å². The molecule has 2 aliphatic rings. The highest BCUT2D eigenvalue weighted by Crippen LogP contribution is 2.43. The molecule has 0 saturated heterocycles. The molecule has 0 saturated carbocycles. The number of hydrogen-bond acceptors (Lipinski definition) is 6. The van der Waals surface area contributed by atoms with E-state index in [9.17, 15) is 14.9 Å². The molecule has 3 aromatic rings. The topological polar surface area (TPSA) is 81.9 Å². The Balaban J connectivity index is 1.41. The SMILES string of the molecule is Cc1c2c(cc3c1O/C(=C\c1cccc([N+](=O)[O-])c1)C3=O)CN(Cc1ccc(Cl)cc1)CO2. The Labute approximate surface area is 195 Å². The molecule has 3 aromatic carbocycles. The average Bonchev–Trinajstić information content (AvgIpc) is 3.11. The van der Waals surface area contributed by atoms with Crippen LogP contribution >= 0.6 is 11.6 Å². The van der Waals surface area contributed by atoms with E-state index in [0.29, 0.717) is 41.7 Å². The zero-order valence-electron chi connectivity index (χ0n) is 17.7. The first-order chi connectivity index (χ1) is 15.9. The molecule has 0 aromatic heterocycles. The van der Waals surface area contributed by atoms with Gasteiger partial charge in [-0.05, 0) is 42.3 Å². The number of ketones is 1. The number of nitro groups is 1. The molecule has 5 rings (SSSR count). The summed E-state index contributed by atoms with van der Waals surface area (Å²) in [7, 11) is 0. The van der Waals surface area contributed by atoms with E-state index in [1.54, 1.807) is 12.1 Å². The molecular weight excluding hydrogens is 444 g/mol. The van der Waals surface area contributed by atoms with Gasteiger partial charge in [-0.1, -0.05) is 35.9 Å². The Morgan fingerprint density at radius 1 is 1.15 bits per heavy atom. The standard InChI is InChI=1S/C25H19ClN2O5/c1-15-24-18(13-27(14-32-24)12-16-5-7-19(26)8-6-16)11-21-23(29)22(33-25(15)21)10-17-3-2-4-20(9-17)28(30)31/h2-11H,12-14H2,1H3/b22-10-. The van der Waals surface area contributed by atoms with E-state index in [-0.39, 0.29) is 17.2 Å². The van der Waals surface area contributed by atoms with Crippen molar-refractivity contribution in [3.8, 4) is 11.5 Å². The van der Waals surface area contributed by atoms with Crippen LogP contribution in [0, 0.1) is 17.0 Å². The summed E-state index contributed by atoms with van der Waals surface area (Å²) in [4.78, 5) is 25.8. The fraction of sp³-hybridized carbons (Fsp3) is 0.160. The highest BCUT2D eigenvalue weighted by Gasteiger charge is 2.33.